The molecule has 0 saturated carbocycles. The first-order valence-electron chi connectivity index (χ1n) is 14.0. The molecular weight excluding hydrogens is 456 g/mol. The second-order valence-corrected chi connectivity index (χ2v) is 11.9. The van der Waals surface area contributed by atoms with Crippen LogP contribution in [0.3, 0.4) is 0 Å². The van der Waals surface area contributed by atoms with Gasteiger partial charge in [0.15, 0.2) is 0 Å². The van der Waals surface area contributed by atoms with Crippen LogP contribution in [-0.4, -0.2) is 0 Å². The van der Waals surface area contributed by atoms with Crippen molar-refractivity contribution >= 4 is 32.3 Å². The van der Waals surface area contributed by atoms with Crippen LogP contribution in [0.2, 0.25) is 0 Å². The molecule has 38 heavy (non-hydrogen) atoms. The van der Waals surface area contributed by atoms with E-state index in [1.807, 2.05) is 0 Å². The fourth-order valence-electron chi connectivity index (χ4n) is 8.89. The quantitative estimate of drug-likeness (QED) is 0.191. The maximum absolute atomic E-state index is 2.60. The van der Waals surface area contributed by atoms with Gasteiger partial charge >= 0.3 is 0 Å². The van der Waals surface area contributed by atoms with E-state index >= 15 is 0 Å². The van der Waals surface area contributed by atoms with Crippen LogP contribution in [0.4, 0.5) is 0 Å². The summed E-state index contributed by atoms with van der Waals surface area (Å²) in [4.78, 5) is 0. The Balaban J connectivity index is 1.43. The highest BCUT2D eigenvalue weighted by molar-refractivity contribution is 6.33. The minimum atomic E-state index is 1.02. The summed E-state index contributed by atoms with van der Waals surface area (Å²) >= 11 is 0. The van der Waals surface area contributed by atoms with Crippen molar-refractivity contribution in [1.82, 2.24) is 0 Å². The maximum Gasteiger partial charge on any atom is -0.000706 e. The highest BCUT2D eigenvalue weighted by Gasteiger charge is 2.35. The summed E-state index contributed by atoms with van der Waals surface area (Å²) in [5.41, 5.74) is 21.0. The molecule has 11 rings (SSSR count). The SMILES string of the molecule is c1ccc2c(c1)Cc1cc3c4c5c(c6cc7c8c(cc-2c1c8c36)-c1ccccc1C7)Cc1cccc(c1-5)C4. The highest BCUT2D eigenvalue weighted by Crippen LogP contribution is 2.57. The van der Waals surface area contributed by atoms with Crippen LogP contribution in [0.5, 0.6) is 0 Å². The van der Waals surface area contributed by atoms with Crippen molar-refractivity contribution in [3.8, 4) is 33.4 Å². The largest absolute Gasteiger partial charge is 0.0619 e. The molecule has 0 nitrogen and oxygen atoms in total. The number of rotatable bonds is 0. The summed E-state index contributed by atoms with van der Waals surface area (Å²) in [6.07, 6.45) is 4.19. The topological polar surface area (TPSA) is 0 Å². The molecule has 4 aliphatic rings. The molecule has 0 radical (unpaired) electrons. The summed E-state index contributed by atoms with van der Waals surface area (Å²) in [5.74, 6) is 0. The zero-order valence-corrected chi connectivity index (χ0v) is 20.9. The normalized spacial score (nSPS) is 14.9. The van der Waals surface area contributed by atoms with E-state index < -0.39 is 0 Å². The molecule has 0 N–H and O–H groups in total. The van der Waals surface area contributed by atoms with Crippen molar-refractivity contribution in [3.05, 3.63) is 129 Å². The van der Waals surface area contributed by atoms with Gasteiger partial charge in [-0.15, -0.1) is 0 Å². The molecule has 0 aromatic heterocycles. The van der Waals surface area contributed by atoms with Crippen LogP contribution in [-0.2, 0) is 25.7 Å². The van der Waals surface area contributed by atoms with Gasteiger partial charge in [0.1, 0.15) is 0 Å². The number of benzene rings is 7. The predicted molar refractivity (Wildman–Crippen MR) is 158 cm³/mol. The monoisotopic (exact) mass is 478 g/mol. The molecule has 0 spiro atoms. The first-order chi connectivity index (χ1) is 18.8. The van der Waals surface area contributed by atoms with Crippen molar-refractivity contribution in [3.63, 3.8) is 0 Å². The van der Waals surface area contributed by atoms with E-state index in [2.05, 4.69) is 84.9 Å². The summed E-state index contributed by atoms with van der Waals surface area (Å²) < 4.78 is 0. The Hall–Kier alpha value is -4.42. The van der Waals surface area contributed by atoms with Crippen LogP contribution in [0.1, 0.15) is 44.5 Å². The molecule has 7 aromatic rings. The van der Waals surface area contributed by atoms with E-state index in [1.165, 1.54) is 82.6 Å². The van der Waals surface area contributed by atoms with E-state index in [1.54, 1.807) is 27.6 Å². The Morgan fingerprint density at radius 2 is 0.868 bits per heavy atom. The summed E-state index contributed by atoms with van der Waals surface area (Å²) in [7, 11) is 0. The third kappa shape index (κ3) is 1.93. The van der Waals surface area contributed by atoms with E-state index in [-0.39, 0.29) is 0 Å². The van der Waals surface area contributed by atoms with E-state index in [4.69, 9.17) is 0 Å². The molecule has 0 bridgehead atoms. The molecular formula is C38H22. The molecule has 0 saturated heterocycles. The second kappa shape index (κ2) is 6.00. The number of hydrogen-bond acceptors (Lipinski definition) is 0. The molecule has 0 aliphatic heterocycles. The number of fused-ring (bicyclic) bond motifs is 6. The fraction of sp³-hybridized carbons (Fsp3) is 0.105. The Kier molecular flexibility index (Phi) is 2.96. The smallest absolute Gasteiger partial charge is 0.000706 e. The Morgan fingerprint density at radius 3 is 1.45 bits per heavy atom. The Bertz CT molecular complexity index is 2130. The Labute approximate surface area is 220 Å². The van der Waals surface area contributed by atoms with Crippen LogP contribution in [0.25, 0.3) is 65.7 Å². The van der Waals surface area contributed by atoms with E-state index in [0.29, 0.717) is 0 Å². The van der Waals surface area contributed by atoms with Gasteiger partial charge in [-0.2, -0.15) is 0 Å². The predicted octanol–water partition coefficient (Wildman–Crippen LogP) is 9.20. The first-order valence-corrected chi connectivity index (χ1v) is 14.0. The molecule has 0 fully saturated rings. The van der Waals surface area contributed by atoms with Crippen molar-refractivity contribution in [1.29, 1.82) is 0 Å². The molecule has 174 valence electrons. The van der Waals surface area contributed by atoms with Gasteiger partial charge in [-0.3, -0.25) is 0 Å². The summed E-state index contributed by atoms with van der Waals surface area (Å²) in [6, 6.07) is 33.0. The van der Waals surface area contributed by atoms with Crippen LogP contribution < -0.4 is 0 Å². The average Bonchev–Trinajstić information content (AvgIpc) is 3.55. The van der Waals surface area contributed by atoms with Crippen LogP contribution in [0, 0.1) is 0 Å². The zero-order valence-electron chi connectivity index (χ0n) is 20.9. The minimum absolute atomic E-state index is 1.02. The second-order valence-electron chi connectivity index (χ2n) is 11.9. The molecule has 0 heterocycles. The molecule has 0 heteroatoms. The molecule has 0 unspecified atom stereocenters. The van der Waals surface area contributed by atoms with Gasteiger partial charge in [0, 0.05) is 0 Å². The zero-order chi connectivity index (χ0) is 24.3. The molecule has 7 aromatic carbocycles. The average molecular weight is 479 g/mol. The minimum Gasteiger partial charge on any atom is -0.0619 e. The lowest BCUT2D eigenvalue weighted by Gasteiger charge is -2.30. The van der Waals surface area contributed by atoms with Crippen LogP contribution in [0.15, 0.2) is 84.9 Å². The van der Waals surface area contributed by atoms with Gasteiger partial charge in [0.2, 0.25) is 0 Å². The summed E-state index contributed by atoms with van der Waals surface area (Å²) in [5, 5.41) is 9.13. The van der Waals surface area contributed by atoms with Gasteiger partial charge in [-0.1, -0.05) is 66.7 Å². The third-order valence-electron chi connectivity index (χ3n) is 10.2. The third-order valence-corrected chi connectivity index (χ3v) is 10.2. The van der Waals surface area contributed by atoms with Gasteiger partial charge in [-0.05, 0) is 154 Å². The van der Waals surface area contributed by atoms with Crippen LogP contribution >= 0.6 is 0 Å². The standard InChI is InChI=1S/C38H22/c1-3-10-25-19(6-1)12-23-16-29-27-14-21-8-5-9-22-15-28(36(27)33(21)22)30-17-24-13-20-7-2-4-11-26(20)32-18-31(25)34(23)38(35(24)32)37(29)30/h1-11,16-18H,12-15H2. The molecule has 4 aliphatic carbocycles. The highest BCUT2D eigenvalue weighted by atomic mass is 14.4. The van der Waals surface area contributed by atoms with E-state index in [0.717, 1.165) is 25.7 Å². The Morgan fingerprint density at radius 1 is 0.342 bits per heavy atom. The van der Waals surface area contributed by atoms with Crippen molar-refractivity contribution in [2.24, 2.45) is 0 Å². The number of hydrogen-bond donors (Lipinski definition) is 0. The lowest BCUT2D eigenvalue weighted by Crippen LogP contribution is -2.08. The summed E-state index contributed by atoms with van der Waals surface area (Å²) in [6.45, 7) is 0. The lowest BCUT2D eigenvalue weighted by atomic mass is 9.73. The van der Waals surface area contributed by atoms with Gasteiger partial charge in [-0.25, -0.2) is 0 Å². The molecule has 0 amide bonds. The van der Waals surface area contributed by atoms with Gasteiger partial charge in [0.25, 0.3) is 0 Å². The van der Waals surface area contributed by atoms with Crippen molar-refractivity contribution in [2.45, 2.75) is 25.7 Å². The maximum atomic E-state index is 2.60. The van der Waals surface area contributed by atoms with E-state index in [9.17, 15) is 0 Å². The fourth-order valence-corrected chi connectivity index (χ4v) is 8.89. The van der Waals surface area contributed by atoms with Gasteiger partial charge in [0.05, 0.1) is 0 Å². The van der Waals surface area contributed by atoms with Crippen molar-refractivity contribution < 1.29 is 0 Å². The van der Waals surface area contributed by atoms with Gasteiger partial charge < -0.3 is 0 Å². The molecule has 0 atom stereocenters. The van der Waals surface area contributed by atoms with Crippen molar-refractivity contribution in [2.75, 3.05) is 0 Å². The lowest BCUT2D eigenvalue weighted by molar-refractivity contribution is 1.18. The first kappa shape index (κ1) is 18.8.